The Morgan fingerprint density at radius 1 is 1.17 bits per heavy atom. The molecular formula is C24H29N3O2. The van der Waals surface area contributed by atoms with Crippen molar-refractivity contribution in [3.05, 3.63) is 41.6 Å². The highest BCUT2D eigenvalue weighted by molar-refractivity contribution is 5.99. The van der Waals surface area contributed by atoms with Gasteiger partial charge in [0.25, 0.3) is 5.91 Å². The third-order valence-electron chi connectivity index (χ3n) is 7.25. The van der Waals surface area contributed by atoms with Crippen LogP contribution in [0.3, 0.4) is 0 Å². The van der Waals surface area contributed by atoms with Gasteiger partial charge >= 0.3 is 0 Å². The number of benzene rings is 1. The van der Waals surface area contributed by atoms with Crippen LogP contribution in [0.4, 0.5) is 0 Å². The third kappa shape index (κ3) is 3.30. The van der Waals surface area contributed by atoms with Gasteiger partial charge < -0.3 is 9.80 Å². The maximum atomic E-state index is 13.3. The molecule has 1 unspecified atom stereocenters. The van der Waals surface area contributed by atoms with E-state index < -0.39 is 0 Å². The molecule has 3 fully saturated rings. The smallest absolute Gasteiger partial charge is 0.254 e. The molecule has 3 aliphatic rings. The summed E-state index contributed by atoms with van der Waals surface area (Å²) in [6.07, 6.45) is 6.42. The van der Waals surface area contributed by atoms with Crippen LogP contribution in [0.1, 0.15) is 48.5 Å². The van der Waals surface area contributed by atoms with Gasteiger partial charge in [-0.3, -0.25) is 14.6 Å². The molecule has 2 amide bonds. The van der Waals surface area contributed by atoms with Gasteiger partial charge in [-0.1, -0.05) is 19.4 Å². The number of amides is 2. The molecule has 1 saturated heterocycles. The Morgan fingerprint density at radius 3 is 2.66 bits per heavy atom. The summed E-state index contributed by atoms with van der Waals surface area (Å²) in [7, 11) is 0. The SMILES string of the molecule is Cc1cc(C(=O)N2CCN(C(=O)[C@H]3C[C@@H]3C)C(C3CCC3)C2)cc2cccnc12. The Morgan fingerprint density at radius 2 is 1.97 bits per heavy atom. The average molecular weight is 392 g/mol. The number of carbonyl (C=O) groups is 2. The monoisotopic (exact) mass is 391 g/mol. The highest BCUT2D eigenvalue weighted by atomic mass is 16.2. The number of hydrogen-bond donors (Lipinski definition) is 0. The Labute approximate surface area is 172 Å². The standard InChI is InChI=1S/C24H29N3O2/c1-15-12-20(15)24(29)27-10-9-26(14-21(27)17-5-3-6-17)23(28)19-11-16(2)22-18(13-19)7-4-8-25-22/h4,7-8,11,13,15,17,20-21H,3,5-6,9-10,12,14H2,1-2H3/t15-,20-,21?/m0/s1. The van der Waals surface area contributed by atoms with E-state index >= 15 is 0 Å². The van der Waals surface area contributed by atoms with E-state index in [9.17, 15) is 9.59 Å². The predicted molar refractivity (Wildman–Crippen MR) is 112 cm³/mol. The van der Waals surface area contributed by atoms with Crippen molar-refractivity contribution in [2.45, 2.75) is 45.6 Å². The average Bonchev–Trinajstić information content (AvgIpc) is 3.42. The van der Waals surface area contributed by atoms with E-state index in [4.69, 9.17) is 0 Å². The summed E-state index contributed by atoms with van der Waals surface area (Å²) in [5, 5.41) is 1.00. The van der Waals surface area contributed by atoms with Gasteiger partial charge in [0.1, 0.15) is 0 Å². The van der Waals surface area contributed by atoms with Crippen molar-refractivity contribution in [2.24, 2.45) is 17.8 Å². The van der Waals surface area contributed by atoms with Gasteiger partial charge in [0.15, 0.2) is 0 Å². The number of nitrogens with zero attached hydrogens (tertiary/aromatic N) is 3. The molecule has 3 atom stereocenters. The molecule has 5 rings (SSSR count). The first-order valence-corrected chi connectivity index (χ1v) is 11.0. The van der Waals surface area contributed by atoms with Crippen molar-refractivity contribution in [3.8, 4) is 0 Å². The van der Waals surface area contributed by atoms with Gasteiger partial charge in [0.05, 0.1) is 11.6 Å². The molecule has 29 heavy (non-hydrogen) atoms. The number of aryl methyl sites for hydroxylation is 1. The first kappa shape index (κ1) is 18.6. The number of carbonyl (C=O) groups excluding carboxylic acids is 2. The molecule has 2 aromatic rings. The van der Waals surface area contributed by atoms with Crippen molar-refractivity contribution >= 4 is 22.7 Å². The first-order chi connectivity index (χ1) is 14.0. The summed E-state index contributed by atoms with van der Waals surface area (Å²) >= 11 is 0. The van der Waals surface area contributed by atoms with E-state index in [1.807, 2.05) is 36.1 Å². The maximum absolute atomic E-state index is 13.3. The van der Waals surface area contributed by atoms with Crippen LogP contribution >= 0.6 is 0 Å². The summed E-state index contributed by atoms with van der Waals surface area (Å²) in [4.78, 5) is 34.9. The maximum Gasteiger partial charge on any atom is 0.254 e. The topological polar surface area (TPSA) is 53.5 Å². The van der Waals surface area contributed by atoms with Crippen LogP contribution in [-0.4, -0.2) is 52.3 Å². The van der Waals surface area contributed by atoms with Crippen molar-refractivity contribution in [1.82, 2.24) is 14.8 Å². The molecule has 5 heteroatoms. The lowest BCUT2D eigenvalue weighted by molar-refractivity contribution is -0.140. The van der Waals surface area contributed by atoms with Gasteiger partial charge in [-0.2, -0.15) is 0 Å². The van der Waals surface area contributed by atoms with Crippen LogP contribution < -0.4 is 0 Å². The van der Waals surface area contributed by atoms with Crippen molar-refractivity contribution in [1.29, 1.82) is 0 Å². The van der Waals surface area contributed by atoms with Crippen molar-refractivity contribution in [2.75, 3.05) is 19.6 Å². The zero-order chi connectivity index (χ0) is 20.1. The zero-order valence-electron chi connectivity index (χ0n) is 17.3. The second kappa shape index (κ2) is 7.12. The Kier molecular flexibility index (Phi) is 4.56. The summed E-state index contributed by atoms with van der Waals surface area (Å²) in [6.45, 7) is 6.14. The van der Waals surface area contributed by atoms with E-state index in [0.717, 1.165) is 28.5 Å². The molecule has 0 spiro atoms. The minimum absolute atomic E-state index is 0.0788. The van der Waals surface area contributed by atoms with Gasteiger partial charge in [-0.25, -0.2) is 0 Å². The number of rotatable bonds is 3. The Bertz CT molecular complexity index is 968. The minimum Gasteiger partial charge on any atom is -0.336 e. The number of aromatic nitrogens is 1. The molecular weight excluding hydrogens is 362 g/mol. The Hall–Kier alpha value is -2.43. The van der Waals surface area contributed by atoms with Crippen LogP contribution in [0.15, 0.2) is 30.5 Å². The van der Waals surface area contributed by atoms with Gasteiger partial charge in [0, 0.05) is 42.7 Å². The van der Waals surface area contributed by atoms with Crippen LogP contribution in [0, 0.1) is 24.7 Å². The molecule has 5 nitrogen and oxygen atoms in total. The van der Waals surface area contributed by atoms with Crippen LogP contribution in [0.5, 0.6) is 0 Å². The molecule has 0 radical (unpaired) electrons. The fourth-order valence-electron chi connectivity index (χ4n) is 5.06. The number of piperazine rings is 1. The summed E-state index contributed by atoms with van der Waals surface area (Å²) in [5.41, 5.74) is 2.70. The van der Waals surface area contributed by atoms with E-state index in [1.165, 1.54) is 19.3 Å². The highest BCUT2D eigenvalue weighted by Crippen LogP contribution is 2.42. The number of fused-ring (bicyclic) bond motifs is 1. The van der Waals surface area contributed by atoms with Gasteiger partial charge in [-0.05, 0) is 61.8 Å². The molecule has 2 aliphatic carbocycles. The second-order valence-electron chi connectivity index (χ2n) is 9.23. The Balaban J connectivity index is 1.38. The lowest BCUT2D eigenvalue weighted by atomic mass is 9.78. The quantitative estimate of drug-likeness (QED) is 0.802. The van der Waals surface area contributed by atoms with Crippen LogP contribution in [0.25, 0.3) is 10.9 Å². The molecule has 152 valence electrons. The van der Waals surface area contributed by atoms with E-state index in [-0.39, 0.29) is 17.9 Å². The second-order valence-corrected chi connectivity index (χ2v) is 9.23. The van der Waals surface area contributed by atoms with Crippen molar-refractivity contribution in [3.63, 3.8) is 0 Å². The van der Waals surface area contributed by atoms with Crippen molar-refractivity contribution < 1.29 is 9.59 Å². The fourth-order valence-corrected chi connectivity index (χ4v) is 5.06. The molecule has 2 saturated carbocycles. The van der Waals surface area contributed by atoms with E-state index in [2.05, 4.69) is 16.8 Å². The minimum atomic E-state index is 0.0788. The molecule has 1 aliphatic heterocycles. The number of hydrogen-bond acceptors (Lipinski definition) is 3. The fraction of sp³-hybridized carbons (Fsp3) is 0.542. The molecule has 1 aromatic heterocycles. The van der Waals surface area contributed by atoms with Crippen LogP contribution in [0.2, 0.25) is 0 Å². The van der Waals surface area contributed by atoms with Gasteiger partial charge in [0.2, 0.25) is 5.91 Å². The molecule has 2 heterocycles. The largest absolute Gasteiger partial charge is 0.336 e. The highest BCUT2D eigenvalue weighted by Gasteiger charge is 2.46. The molecule has 0 bridgehead atoms. The van der Waals surface area contributed by atoms with E-state index in [1.54, 1.807) is 6.20 Å². The normalized spacial score (nSPS) is 27.0. The zero-order valence-corrected chi connectivity index (χ0v) is 17.3. The molecule has 1 aromatic carbocycles. The molecule has 0 N–H and O–H groups in total. The number of pyridine rings is 1. The lowest BCUT2D eigenvalue weighted by Crippen LogP contribution is -2.60. The summed E-state index contributed by atoms with van der Waals surface area (Å²) in [6, 6.07) is 8.02. The van der Waals surface area contributed by atoms with E-state index in [0.29, 0.717) is 37.4 Å². The lowest BCUT2D eigenvalue weighted by Gasteiger charge is -2.47. The van der Waals surface area contributed by atoms with Gasteiger partial charge in [-0.15, -0.1) is 0 Å². The third-order valence-corrected chi connectivity index (χ3v) is 7.25. The predicted octanol–water partition coefficient (Wildman–Crippen LogP) is 3.65. The summed E-state index contributed by atoms with van der Waals surface area (Å²) in [5.74, 6) is 1.70. The summed E-state index contributed by atoms with van der Waals surface area (Å²) < 4.78 is 0. The van der Waals surface area contributed by atoms with Crippen LogP contribution in [-0.2, 0) is 4.79 Å². The first-order valence-electron chi connectivity index (χ1n) is 11.0.